The lowest BCUT2D eigenvalue weighted by molar-refractivity contribution is 0.172. The van der Waals surface area contributed by atoms with Crippen LogP contribution in [0.2, 0.25) is 0 Å². The van der Waals surface area contributed by atoms with E-state index in [9.17, 15) is 4.79 Å². The molecule has 0 aromatic heterocycles. The van der Waals surface area contributed by atoms with E-state index in [1.165, 1.54) is 11.2 Å². The Labute approximate surface area is 95.3 Å². The summed E-state index contributed by atoms with van der Waals surface area (Å²) >= 11 is 0. The van der Waals surface area contributed by atoms with E-state index in [1.54, 1.807) is 0 Å². The van der Waals surface area contributed by atoms with Crippen LogP contribution < -0.4 is 5.73 Å². The Hall–Kier alpha value is -1.97. The Morgan fingerprint density at radius 1 is 1.44 bits per heavy atom. The summed E-state index contributed by atoms with van der Waals surface area (Å²) in [5.74, 6) is 0. The maximum atomic E-state index is 11.2. The molecule has 0 saturated heterocycles. The monoisotopic (exact) mass is 220 g/mol. The maximum absolute atomic E-state index is 11.2. The highest BCUT2D eigenvalue weighted by atomic mass is 16.5. The van der Waals surface area contributed by atoms with Crippen LogP contribution in [-0.4, -0.2) is 24.1 Å². The standard InChI is InChI=1S/C12H16N2O2/c1-2-16-9-8-14(12(13)15)10-11-6-4-3-5-7-11/h2-7H,1,8-10H2,(H2,13,15). The summed E-state index contributed by atoms with van der Waals surface area (Å²) in [5.41, 5.74) is 6.31. The van der Waals surface area contributed by atoms with E-state index in [0.29, 0.717) is 19.7 Å². The quantitative estimate of drug-likeness (QED) is 0.586. The largest absolute Gasteiger partial charge is 0.500 e. The summed E-state index contributed by atoms with van der Waals surface area (Å²) in [6.07, 6.45) is 1.35. The first-order valence-electron chi connectivity index (χ1n) is 5.05. The molecular weight excluding hydrogens is 204 g/mol. The zero-order valence-corrected chi connectivity index (χ0v) is 9.13. The van der Waals surface area contributed by atoms with Gasteiger partial charge in [0.25, 0.3) is 0 Å². The van der Waals surface area contributed by atoms with Crippen LogP contribution in [0.1, 0.15) is 5.56 Å². The summed E-state index contributed by atoms with van der Waals surface area (Å²) in [6.45, 7) is 4.78. The van der Waals surface area contributed by atoms with Gasteiger partial charge in [0, 0.05) is 6.54 Å². The highest BCUT2D eigenvalue weighted by Gasteiger charge is 2.09. The molecule has 1 aromatic rings. The van der Waals surface area contributed by atoms with E-state index < -0.39 is 6.03 Å². The Balaban J connectivity index is 2.51. The lowest BCUT2D eigenvalue weighted by Gasteiger charge is -2.19. The number of hydrogen-bond acceptors (Lipinski definition) is 2. The molecule has 86 valence electrons. The van der Waals surface area contributed by atoms with E-state index >= 15 is 0 Å². The molecule has 0 spiro atoms. The molecule has 0 aliphatic carbocycles. The number of rotatable bonds is 6. The zero-order chi connectivity index (χ0) is 11.8. The third-order valence-corrected chi connectivity index (χ3v) is 2.12. The second kappa shape index (κ2) is 6.50. The second-order valence-corrected chi connectivity index (χ2v) is 3.28. The first-order valence-corrected chi connectivity index (χ1v) is 5.05. The van der Waals surface area contributed by atoms with Gasteiger partial charge in [-0.3, -0.25) is 0 Å². The Morgan fingerprint density at radius 3 is 2.69 bits per heavy atom. The number of carbonyl (C=O) groups excluding carboxylic acids is 1. The lowest BCUT2D eigenvalue weighted by atomic mass is 10.2. The highest BCUT2D eigenvalue weighted by molar-refractivity contribution is 5.71. The number of amides is 2. The molecule has 0 saturated carbocycles. The van der Waals surface area contributed by atoms with Gasteiger partial charge in [-0.2, -0.15) is 0 Å². The van der Waals surface area contributed by atoms with Crippen LogP contribution in [0.4, 0.5) is 4.79 Å². The molecule has 0 unspecified atom stereocenters. The van der Waals surface area contributed by atoms with Crippen molar-refractivity contribution >= 4 is 6.03 Å². The van der Waals surface area contributed by atoms with Crippen LogP contribution in [0.3, 0.4) is 0 Å². The van der Waals surface area contributed by atoms with E-state index in [1.807, 2.05) is 30.3 Å². The van der Waals surface area contributed by atoms with Crippen molar-refractivity contribution in [3.8, 4) is 0 Å². The average Bonchev–Trinajstić information content (AvgIpc) is 2.29. The van der Waals surface area contributed by atoms with Crippen LogP contribution in [0.25, 0.3) is 0 Å². The number of benzene rings is 1. The van der Waals surface area contributed by atoms with Crippen molar-refractivity contribution in [2.45, 2.75) is 6.54 Å². The SMILES string of the molecule is C=COCCN(Cc1ccccc1)C(N)=O. The fourth-order valence-electron chi connectivity index (χ4n) is 1.32. The first-order chi connectivity index (χ1) is 7.74. The van der Waals surface area contributed by atoms with Gasteiger partial charge in [-0.05, 0) is 5.56 Å². The van der Waals surface area contributed by atoms with Crippen LogP contribution in [0.15, 0.2) is 43.2 Å². The van der Waals surface area contributed by atoms with Gasteiger partial charge in [0.1, 0.15) is 6.61 Å². The molecule has 0 radical (unpaired) electrons. The summed E-state index contributed by atoms with van der Waals surface area (Å²) in [4.78, 5) is 12.7. The van der Waals surface area contributed by atoms with Crippen molar-refractivity contribution < 1.29 is 9.53 Å². The molecule has 2 N–H and O–H groups in total. The number of primary amides is 1. The van der Waals surface area contributed by atoms with Crippen molar-refractivity contribution in [1.29, 1.82) is 0 Å². The number of carbonyl (C=O) groups is 1. The van der Waals surface area contributed by atoms with Crippen LogP contribution in [0.5, 0.6) is 0 Å². The lowest BCUT2D eigenvalue weighted by Crippen LogP contribution is -2.37. The molecule has 0 bridgehead atoms. The van der Waals surface area contributed by atoms with Gasteiger partial charge in [0.2, 0.25) is 0 Å². The number of nitrogens with two attached hydrogens (primary N) is 1. The molecule has 2 amide bonds. The smallest absolute Gasteiger partial charge is 0.315 e. The topological polar surface area (TPSA) is 55.6 Å². The Morgan fingerprint density at radius 2 is 2.12 bits per heavy atom. The fraction of sp³-hybridized carbons (Fsp3) is 0.250. The van der Waals surface area contributed by atoms with E-state index in [-0.39, 0.29) is 0 Å². The summed E-state index contributed by atoms with van der Waals surface area (Å²) in [5, 5.41) is 0. The molecule has 0 atom stereocenters. The molecular formula is C12H16N2O2. The molecule has 1 rings (SSSR count). The normalized spacial score (nSPS) is 9.50. The minimum Gasteiger partial charge on any atom is -0.500 e. The molecule has 1 aromatic carbocycles. The molecule has 4 heteroatoms. The Kier molecular flexibility index (Phi) is 4.92. The maximum Gasteiger partial charge on any atom is 0.315 e. The van der Waals surface area contributed by atoms with Crippen LogP contribution >= 0.6 is 0 Å². The number of hydrogen-bond donors (Lipinski definition) is 1. The van der Waals surface area contributed by atoms with Crippen molar-refractivity contribution in [3.63, 3.8) is 0 Å². The minimum absolute atomic E-state index is 0.402. The van der Waals surface area contributed by atoms with Gasteiger partial charge in [0.15, 0.2) is 0 Å². The predicted octanol–water partition coefficient (Wildman–Crippen LogP) is 1.73. The summed E-state index contributed by atoms with van der Waals surface area (Å²) in [7, 11) is 0. The minimum atomic E-state index is -0.448. The number of nitrogens with zero attached hydrogens (tertiary/aromatic N) is 1. The van der Waals surface area contributed by atoms with Crippen LogP contribution in [0, 0.1) is 0 Å². The van der Waals surface area contributed by atoms with Gasteiger partial charge in [-0.25, -0.2) is 4.79 Å². The van der Waals surface area contributed by atoms with Gasteiger partial charge in [-0.15, -0.1) is 0 Å². The Bertz CT molecular complexity index is 338. The number of urea groups is 1. The van der Waals surface area contributed by atoms with E-state index in [4.69, 9.17) is 10.5 Å². The number of ether oxygens (including phenoxy) is 1. The van der Waals surface area contributed by atoms with Crippen molar-refractivity contribution in [2.75, 3.05) is 13.2 Å². The van der Waals surface area contributed by atoms with Gasteiger partial charge < -0.3 is 15.4 Å². The van der Waals surface area contributed by atoms with Gasteiger partial charge >= 0.3 is 6.03 Å². The third-order valence-electron chi connectivity index (χ3n) is 2.12. The summed E-state index contributed by atoms with van der Waals surface area (Å²) < 4.78 is 4.97. The molecule has 16 heavy (non-hydrogen) atoms. The molecule has 0 fully saturated rings. The predicted molar refractivity (Wildman–Crippen MR) is 62.6 cm³/mol. The van der Waals surface area contributed by atoms with Crippen molar-refractivity contribution in [1.82, 2.24) is 4.90 Å². The van der Waals surface area contributed by atoms with E-state index in [0.717, 1.165) is 5.56 Å². The first kappa shape index (κ1) is 12.1. The molecule has 0 aliphatic rings. The third kappa shape index (κ3) is 4.04. The zero-order valence-electron chi connectivity index (χ0n) is 9.13. The summed E-state index contributed by atoms with van der Waals surface area (Å²) in [6, 6.07) is 9.23. The molecule has 4 nitrogen and oxygen atoms in total. The highest BCUT2D eigenvalue weighted by Crippen LogP contribution is 2.03. The second-order valence-electron chi connectivity index (χ2n) is 3.28. The average molecular weight is 220 g/mol. The van der Waals surface area contributed by atoms with Crippen molar-refractivity contribution in [2.24, 2.45) is 5.73 Å². The van der Waals surface area contributed by atoms with Crippen LogP contribution in [-0.2, 0) is 11.3 Å². The molecule has 0 aliphatic heterocycles. The van der Waals surface area contributed by atoms with E-state index in [2.05, 4.69) is 6.58 Å². The van der Waals surface area contributed by atoms with Gasteiger partial charge in [-0.1, -0.05) is 36.9 Å². The molecule has 0 heterocycles. The van der Waals surface area contributed by atoms with Gasteiger partial charge in [0.05, 0.1) is 12.8 Å². The fourth-order valence-corrected chi connectivity index (χ4v) is 1.32. The van der Waals surface area contributed by atoms with Crippen molar-refractivity contribution in [3.05, 3.63) is 48.7 Å².